The van der Waals surface area contributed by atoms with Crippen molar-refractivity contribution in [1.29, 1.82) is 0 Å². The summed E-state index contributed by atoms with van der Waals surface area (Å²) in [4.78, 5) is 24.2. The number of hydrogen-bond acceptors (Lipinski definition) is 6. The number of carbonyl (C=O) groups is 1. The van der Waals surface area contributed by atoms with Crippen molar-refractivity contribution < 1.29 is 26.7 Å². The number of amides is 1. The van der Waals surface area contributed by atoms with E-state index in [2.05, 4.69) is 15.3 Å². The highest BCUT2D eigenvalue weighted by Crippen LogP contribution is 2.33. The van der Waals surface area contributed by atoms with Gasteiger partial charge in [-0.1, -0.05) is 0 Å². The van der Waals surface area contributed by atoms with Gasteiger partial charge in [-0.15, -0.1) is 0 Å². The van der Waals surface area contributed by atoms with E-state index in [1.807, 2.05) is 0 Å². The molecular formula is C21H23F5N6O. The molecule has 2 aliphatic rings. The van der Waals surface area contributed by atoms with Gasteiger partial charge in [0.1, 0.15) is 18.2 Å². The monoisotopic (exact) mass is 470 g/mol. The number of nitrogen functional groups attached to an aromatic ring is 1. The van der Waals surface area contributed by atoms with Crippen LogP contribution in [0, 0.1) is 11.6 Å². The van der Waals surface area contributed by atoms with Gasteiger partial charge in [0.2, 0.25) is 11.7 Å². The van der Waals surface area contributed by atoms with Crippen LogP contribution in [0.15, 0.2) is 24.5 Å². The summed E-state index contributed by atoms with van der Waals surface area (Å²) in [7, 11) is 0. The first-order valence-electron chi connectivity index (χ1n) is 10.6. The van der Waals surface area contributed by atoms with Crippen LogP contribution in [-0.2, 0) is 11.0 Å². The van der Waals surface area contributed by atoms with Crippen LogP contribution in [0.25, 0.3) is 0 Å². The Morgan fingerprint density at radius 2 is 1.82 bits per heavy atom. The van der Waals surface area contributed by atoms with Crippen LogP contribution >= 0.6 is 0 Å². The smallest absolute Gasteiger partial charge is 0.381 e. The van der Waals surface area contributed by atoms with Crippen LogP contribution in [0.4, 0.5) is 39.3 Å². The summed E-state index contributed by atoms with van der Waals surface area (Å²) < 4.78 is 67.2. The molecule has 33 heavy (non-hydrogen) atoms. The summed E-state index contributed by atoms with van der Waals surface area (Å²) in [6.07, 6.45) is -1.12. The second kappa shape index (κ2) is 8.99. The Balaban J connectivity index is 1.48. The molecule has 1 aromatic heterocycles. The molecule has 7 nitrogen and oxygen atoms in total. The number of piperidine rings is 2. The van der Waals surface area contributed by atoms with Crippen molar-refractivity contribution in [2.75, 3.05) is 35.6 Å². The number of rotatable bonds is 4. The summed E-state index contributed by atoms with van der Waals surface area (Å²) in [5, 5.41) is 2.77. The highest BCUT2D eigenvalue weighted by molar-refractivity contribution is 5.86. The van der Waals surface area contributed by atoms with E-state index in [-0.39, 0.29) is 29.3 Å². The Morgan fingerprint density at radius 3 is 2.58 bits per heavy atom. The highest BCUT2D eigenvalue weighted by atomic mass is 19.4. The minimum absolute atomic E-state index is 0.0748. The Hall–Kier alpha value is -3.18. The molecule has 0 saturated carbocycles. The lowest BCUT2D eigenvalue weighted by atomic mass is 9.97. The van der Waals surface area contributed by atoms with Crippen molar-refractivity contribution in [2.24, 2.45) is 0 Å². The molecule has 4 rings (SSSR count). The van der Waals surface area contributed by atoms with Crippen molar-refractivity contribution in [1.82, 2.24) is 14.9 Å². The molecule has 2 fully saturated rings. The molecular weight excluding hydrogens is 447 g/mol. The molecule has 1 amide bonds. The van der Waals surface area contributed by atoms with E-state index in [4.69, 9.17) is 5.73 Å². The highest BCUT2D eigenvalue weighted by Gasteiger charge is 2.37. The number of carbonyl (C=O) groups excluding carboxylic acids is 1. The third-order valence-corrected chi connectivity index (χ3v) is 5.97. The molecule has 0 spiro atoms. The maximum Gasteiger partial charge on any atom is 0.416 e. The molecule has 0 unspecified atom stereocenters. The molecule has 3 N–H and O–H groups in total. The number of hydrogen-bond donors (Lipinski definition) is 2. The summed E-state index contributed by atoms with van der Waals surface area (Å²) >= 11 is 0. The zero-order valence-electron chi connectivity index (χ0n) is 17.6. The zero-order chi connectivity index (χ0) is 23.8. The van der Waals surface area contributed by atoms with Crippen molar-refractivity contribution >= 4 is 23.2 Å². The van der Waals surface area contributed by atoms with Crippen LogP contribution in [0.5, 0.6) is 0 Å². The standard InChI is InChI=1S/C21H23F5N6O/c22-13-7-12(21(24,25)26)8-14(9-13)30-16-4-2-6-32(20(16)33)15-3-1-5-31(10-15)19-17(23)18(27)28-11-29-19/h7-9,11,15-16,30H,1-6,10H2,(H2,27,28,29)/t15-,16-/m1/s1. The lowest BCUT2D eigenvalue weighted by Crippen LogP contribution is -2.56. The van der Waals surface area contributed by atoms with E-state index in [0.717, 1.165) is 12.1 Å². The van der Waals surface area contributed by atoms with Crippen molar-refractivity contribution in [3.8, 4) is 0 Å². The first-order valence-corrected chi connectivity index (χ1v) is 10.6. The van der Waals surface area contributed by atoms with Gasteiger partial charge in [-0.2, -0.15) is 17.6 Å². The Labute approximate surface area is 186 Å². The van der Waals surface area contributed by atoms with Crippen LogP contribution in [0.2, 0.25) is 0 Å². The number of halogens is 5. The first kappa shape index (κ1) is 23.0. The number of aromatic nitrogens is 2. The summed E-state index contributed by atoms with van der Waals surface area (Å²) in [6, 6.07) is 1.12. The predicted octanol–water partition coefficient (Wildman–Crippen LogP) is 3.43. The van der Waals surface area contributed by atoms with Crippen LogP contribution in [-0.4, -0.2) is 52.5 Å². The molecule has 12 heteroatoms. The van der Waals surface area contributed by atoms with Gasteiger partial charge in [0.25, 0.3) is 0 Å². The lowest BCUT2D eigenvalue weighted by molar-refractivity contribution is -0.138. The van der Waals surface area contributed by atoms with E-state index in [9.17, 15) is 26.7 Å². The average Bonchev–Trinajstić information content (AvgIpc) is 2.76. The maximum absolute atomic E-state index is 14.4. The second-order valence-electron chi connectivity index (χ2n) is 8.24. The van der Waals surface area contributed by atoms with Crippen LogP contribution < -0.4 is 16.0 Å². The molecule has 2 atom stereocenters. The number of nitrogens with one attached hydrogen (secondary N) is 1. The quantitative estimate of drug-likeness (QED) is 0.666. The second-order valence-corrected chi connectivity index (χ2v) is 8.24. The van der Waals surface area contributed by atoms with Gasteiger partial charge in [0.15, 0.2) is 11.6 Å². The Morgan fingerprint density at radius 1 is 1.06 bits per heavy atom. The van der Waals surface area contributed by atoms with Gasteiger partial charge in [-0.05, 0) is 43.9 Å². The molecule has 0 aliphatic carbocycles. The number of likely N-dealkylation sites (tertiary alicyclic amines) is 1. The van der Waals surface area contributed by atoms with E-state index >= 15 is 0 Å². The van der Waals surface area contributed by atoms with E-state index < -0.39 is 29.4 Å². The molecule has 2 saturated heterocycles. The van der Waals surface area contributed by atoms with E-state index in [1.54, 1.807) is 9.80 Å². The summed E-state index contributed by atoms with van der Waals surface area (Å²) in [5.74, 6) is -2.22. The average molecular weight is 470 g/mol. The zero-order valence-corrected chi connectivity index (χ0v) is 17.6. The van der Waals surface area contributed by atoms with Gasteiger partial charge in [0, 0.05) is 31.4 Å². The molecule has 2 aromatic rings. The number of anilines is 3. The van der Waals surface area contributed by atoms with Gasteiger partial charge >= 0.3 is 6.18 Å². The number of benzene rings is 1. The van der Waals surface area contributed by atoms with Crippen molar-refractivity contribution in [3.63, 3.8) is 0 Å². The fraction of sp³-hybridized carbons (Fsp3) is 0.476. The molecule has 0 radical (unpaired) electrons. The third kappa shape index (κ3) is 4.93. The molecule has 178 valence electrons. The fourth-order valence-electron chi connectivity index (χ4n) is 4.43. The number of nitrogens with zero attached hydrogens (tertiary/aromatic N) is 4. The van der Waals surface area contributed by atoms with Gasteiger partial charge in [-0.3, -0.25) is 4.79 Å². The third-order valence-electron chi connectivity index (χ3n) is 5.97. The Kier molecular flexibility index (Phi) is 6.26. The Bertz CT molecular complexity index is 1030. The topological polar surface area (TPSA) is 87.4 Å². The first-order chi connectivity index (χ1) is 15.6. The SMILES string of the molecule is Nc1ncnc(N2CCC[C@@H](N3CCC[C@@H](Nc4cc(F)cc(C(F)(F)F)c4)C3=O)C2)c1F. The minimum atomic E-state index is -4.70. The van der Waals surface area contributed by atoms with Gasteiger partial charge in [-0.25, -0.2) is 14.4 Å². The molecule has 2 aliphatic heterocycles. The lowest BCUT2D eigenvalue weighted by Gasteiger charge is -2.43. The molecule has 3 heterocycles. The summed E-state index contributed by atoms with van der Waals surface area (Å²) in [6.45, 7) is 1.35. The summed E-state index contributed by atoms with van der Waals surface area (Å²) in [5.41, 5.74) is 4.31. The molecule has 1 aromatic carbocycles. The van der Waals surface area contributed by atoms with E-state index in [1.165, 1.54) is 6.33 Å². The predicted molar refractivity (Wildman–Crippen MR) is 111 cm³/mol. The van der Waals surface area contributed by atoms with Gasteiger partial charge in [0.05, 0.1) is 5.56 Å². The van der Waals surface area contributed by atoms with Crippen molar-refractivity contribution in [3.05, 3.63) is 41.7 Å². The van der Waals surface area contributed by atoms with Crippen LogP contribution in [0.3, 0.4) is 0 Å². The minimum Gasteiger partial charge on any atom is -0.381 e. The van der Waals surface area contributed by atoms with Gasteiger partial charge < -0.3 is 20.9 Å². The largest absolute Gasteiger partial charge is 0.416 e. The number of alkyl halides is 3. The molecule has 0 bridgehead atoms. The fourth-order valence-corrected chi connectivity index (χ4v) is 4.43. The van der Waals surface area contributed by atoms with Crippen molar-refractivity contribution in [2.45, 2.75) is 43.9 Å². The number of nitrogens with two attached hydrogens (primary N) is 1. The normalized spacial score (nSPS) is 21.9. The maximum atomic E-state index is 14.4. The van der Waals surface area contributed by atoms with E-state index in [0.29, 0.717) is 51.4 Å². The van der Waals surface area contributed by atoms with Crippen LogP contribution in [0.1, 0.15) is 31.2 Å².